The van der Waals surface area contributed by atoms with E-state index in [2.05, 4.69) is 25.8 Å². The van der Waals surface area contributed by atoms with Crippen LogP contribution < -0.4 is 10.6 Å². The van der Waals surface area contributed by atoms with Gasteiger partial charge in [-0.3, -0.25) is 5.10 Å². The van der Waals surface area contributed by atoms with Gasteiger partial charge in [-0.1, -0.05) is 0 Å². The van der Waals surface area contributed by atoms with E-state index in [0.29, 0.717) is 19.4 Å². The van der Waals surface area contributed by atoms with Gasteiger partial charge in [0.25, 0.3) is 0 Å². The van der Waals surface area contributed by atoms with Gasteiger partial charge in [0.15, 0.2) is 6.04 Å². The first-order valence-electron chi connectivity index (χ1n) is 5.80. The Morgan fingerprint density at radius 3 is 2.79 bits per heavy atom. The number of aromatic amines is 1. The summed E-state index contributed by atoms with van der Waals surface area (Å²) in [6, 6.07) is -1.96. The van der Waals surface area contributed by atoms with Gasteiger partial charge in [0.2, 0.25) is 0 Å². The second kappa shape index (κ2) is 7.31. The van der Waals surface area contributed by atoms with E-state index in [9.17, 15) is 14.7 Å². The molecule has 106 valence electrons. The Labute approximate surface area is 109 Å². The second-order valence-corrected chi connectivity index (χ2v) is 3.99. The fourth-order valence-electron chi connectivity index (χ4n) is 1.39. The molecule has 0 bridgehead atoms. The van der Waals surface area contributed by atoms with E-state index in [1.54, 1.807) is 0 Å². The lowest BCUT2D eigenvalue weighted by molar-refractivity contribution is -0.141. The number of aromatic nitrogens is 3. The molecule has 0 saturated heterocycles. The van der Waals surface area contributed by atoms with Crippen molar-refractivity contribution < 1.29 is 19.8 Å². The number of carboxylic acid groups (broad SMARTS) is 1. The summed E-state index contributed by atoms with van der Waals surface area (Å²) >= 11 is 0. The first kappa shape index (κ1) is 14.9. The summed E-state index contributed by atoms with van der Waals surface area (Å²) in [5, 5.41) is 29.0. The van der Waals surface area contributed by atoms with Crippen molar-refractivity contribution in [3.8, 4) is 0 Å². The topological polar surface area (TPSA) is 140 Å². The van der Waals surface area contributed by atoms with E-state index in [1.165, 1.54) is 13.3 Å². The van der Waals surface area contributed by atoms with E-state index in [4.69, 9.17) is 5.11 Å². The third-order valence-electron chi connectivity index (χ3n) is 2.38. The van der Waals surface area contributed by atoms with E-state index < -0.39 is 24.1 Å². The third kappa shape index (κ3) is 5.34. The molecule has 9 heteroatoms. The van der Waals surface area contributed by atoms with Gasteiger partial charge >= 0.3 is 12.0 Å². The number of H-pyrrole nitrogens is 1. The van der Waals surface area contributed by atoms with Crippen molar-refractivity contribution in [1.82, 2.24) is 25.8 Å². The summed E-state index contributed by atoms with van der Waals surface area (Å²) in [5.74, 6) is -0.568. The number of carbonyl (C=O) groups excluding carboxylic acids is 1. The molecule has 5 N–H and O–H groups in total. The van der Waals surface area contributed by atoms with Crippen LogP contribution in [-0.2, 0) is 11.2 Å². The van der Waals surface area contributed by atoms with Crippen molar-refractivity contribution in [3.05, 3.63) is 12.2 Å². The highest BCUT2D eigenvalue weighted by Gasteiger charge is 2.24. The molecule has 1 heterocycles. The van der Waals surface area contributed by atoms with Crippen LogP contribution in [0.4, 0.5) is 4.79 Å². The summed E-state index contributed by atoms with van der Waals surface area (Å²) in [7, 11) is 0. The molecule has 0 fully saturated rings. The van der Waals surface area contributed by atoms with Gasteiger partial charge < -0.3 is 20.8 Å². The number of carboxylic acids is 1. The molecule has 2 amide bonds. The van der Waals surface area contributed by atoms with E-state index >= 15 is 0 Å². The smallest absolute Gasteiger partial charge is 0.328 e. The molecule has 9 nitrogen and oxygen atoms in total. The third-order valence-corrected chi connectivity index (χ3v) is 2.38. The van der Waals surface area contributed by atoms with Crippen LogP contribution in [-0.4, -0.2) is 56.1 Å². The lowest BCUT2D eigenvalue weighted by Gasteiger charge is -2.17. The van der Waals surface area contributed by atoms with Crippen molar-refractivity contribution in [1.29, 1.82) is 0 Å². The predicted octanol–water partition coefficient (Wildman–Crippen LogP) is -1.13. The van der Waals surface area contributed by atoms with Gasteiger partial charge in [-0.05, 0) is 13.3 Å². The molecular formula is C10H17N5O4. The number of carbonyl (C=O) groups is 2. The van der Waals surface area contributed by atoms with Crippen molar-refractivity contribution in [3.63, 3.8) is 0 Å². The molecule has 0 aliphatic carbocycles. The number of urea groups is 1. The Balaban J connectivity index is 2.21. The Morgan fingerprint density at radius 1 is 1.53 bits per heavy atom. The zero-order valence-corrected chi connectivity index (χ0v) is 10.5. The highest BCUT2D eigenvalue weighted by molar-refractivity contribution is 5.82. The van der Waals surface area contributed by atoms with Gasteiger partial charge in [0.05, 0.1) is 6.10 Å². The Morgan fingerprint density at radius 2 is 2.26 bits per heavy atom. The SMILES string of the molecule is C[C@@H](O)[C@H](NC(=O)NCCCc1ncn[nH]1)C(=O)O. The van der Waals surface area contributed by atoms with Crippen molar-refractivity contribution in [2.75, 3.05) is 6.54 Å². The molecule has 0 aliphatic rings. The van der Waals surface area contributed by atoms with Crippen LogP contribution in [0.3, 0.4) is 0 Å². The molecule has 1 rings (SSSR count). The fraction of sp³-hybridized carbons (Fsp3) is 0.600. The number of aryl methyl sites for hydroxylation is 1. The maximum Gasteiger partial charge on any atom is 0.328 e. The van der Waals surface area contributed by atoms with E-state index in [1.807, 2.05) is 0 Å². The fourth-order valence-corrected chi connectivity index (χ4v) is 1.39. The van der Waals surface area contributed by atoms with E-state index in [0.717, 1.165) is 5.82 Å². The van der Waals surface area contributed by atoms with Crippen LogP contribution >= 0.6 is 0 Å². The number of amides is 2. The first-order chi connectivity index (χ1) is 9.00. The summed E-state index contributed by atoms with van der Waals surface area (Å²) < 4.78 is 0. The molecule has 0 spiro atoms. The average Bonchev–Trinajstić information content (AvgIpc) is 2.84. The molecule has 0 aliphatic heterocycles. The molecular weight excluding hydrogens is 254 g/mol. The molecule has 2 atom stereocenters. The lowest BCUT2D eigenvalue weighted by Crippen LogP contribution is -2.51. The summed E-state index contributed by atoms with van der Waals surface area (Å²) in [5.41, 5.74) is 0. The zero-order valence-electron chi connectivity index (χ0n) is 10.5. The van der Waals surface area contributed by atoms with Gasteiger partial charge in [-0.15, -0.1) is 0 Å². The summed E-state index contributed by atoms with van der Waals surface area (Å²) in [6.07, 6.45) is 1.49. The van der Waals surface area contributed by atoms with Crippen LogP contribution in [0, 0.1) is 0 Å². The van der Waals surface area contributed by atoms with Gasteiger partial charge in [0.1, 0.15) is 12.2 Å². The number of hydrogen-bond donors (Lipinski definition) is 5. The number of rotatable bonds is 7. The van der Waals surface area contributed by atoms with Gasteiger partial charge in [0, 0.05) is 13.0 Å². The molecule has 0 radical (unpaired) electrons. The van der Waals surface area contributed by atoms with Gasteiger partial charge in [-0.2, -0.15) is 5.10 Å². The first-order valence-corrected chi connectivity index (χ1v) is 5.80. The molecule has 19 heavy (non-hydrogen) atoms. The molecule has 1 aromatic heterocycles. The summed E-state index contributed by atoms with van der Waals surface area (Å²) in [6.45, 7) is 1.65. The number of hydrogen-bond acceptors (Lipinski definition) is 5. The number of aliphatic hydroxyl groups is 1. The summed E-state index contributed by atoms with van der Waals surface area (Å²) in [4.78, 5) is 26.1. The Bertz CT molecular complexity index is 406. The zero-order chi connectivity index (χ0) is 14.3. The number of nitrogens with one attached hydrogen (secondary N) is 3. The van der Waals surface area contributed by atoms with Crippen LogP contribution in [0.15, 0.2) is 6.33 Å². The number of aliphatic hydroxyl groups excluding tert-OH is 1. The van der Waals surface area contributed by atoms with Crippen molar-refractivity contribution in [2.24, 2.45) is 0 Å². The highest BCUT2D eigenvalue weighted by Crippen LogP contribution is 1.94. The highest BCUT2D eigenvalue weighted by atomic mass is 16.4. The Kier molecular flexibility index (Phi) is 5.73. The number of aliphatic carboxylic acids is 1. The normalized spacial score (nSPS) is 13.6. The Hall–Kier alpha value is -2.16. The van der Waals surface area contributed by atoms with Crippen molar-refractivity contribution in [2.45, 2.75) is 31.9 Å². The number of nitrogens with zero attached hydrogens (tertiary/aromatic N) is 2. The maximum atomic E-state index is 11.4. The minimum Gasteiger partial charge on any atom is -0.480 e. The molecule has 0 aromatic carbocycles. The molecule has 0 unspecified atom stereocenters. The van der Waals surface area contributed by atoms with Crippen LogP contribution in [0.5, 0.6) is 0 Å². The largest absolute Gasteiger partial charge is 0.480 e. The lowest BCUT2D eigenvalue weighted by atomic mass is 10.2. The van der Waals surface area contributed by atoms with Crippen LogP contribution in [0.2, 0.25) is 0 Å². The molecule has 1 aromatic rings. The second-order valence-electron chi connectivity index (χ2n) is 3.99. The van der Waals surface area contributed by atoms with E-state index in [-0.39, 0.29) is 0 Å². The minimum atomic E-state index is -1.32. The van der Waals surface area contributed by atoms with Gasteiger partial charge in [-0.25, -0.2) is 14.6 Å². The minimum absolute atomic E-state index is 0.360. The van der Waals surface area contributed by atoms with Crippen LogP contribution in [0.1, 0.15) is 19.2 Å². The van der Waals surface area contributed by atoms with Crippen molar-refractivity contribution >= 4 is 12.0 Å². The van der Waals surface area contributed by atoms with Crippen LogP contribution in [0.25, 0.3) is 0 Å². The monoisotopic (exact) mass is 271 g/mol. The average molecular weight is 271 g/mol. The standard InChI is InChI=1S/C10H17N5O4/c1-6(16)8(9(17)18)14-10(19)11-4-2-3-7-12-5-13-15-7/h5-6,8,16H,2-4H2,1H3,(H,17,18)(H2,11,14,19)(H,12,13,15)/t6-,8+/m1/s1. The quantitative estimate of drug-likeness (QED) is 0.397. The molecule has 0 saturated carbocycles. The maximum absolute atomic E-state index is 11.4. The predicted molar refractivity (Wildman–Crippen MR) is 64.3 cm³/mol.